The molecule has 5 rings (SSSR count). The predicted molar refractivity (Wildman–Crippen MR) is 148 cm³/mol. The third-order valence-corrected chi connectivity index (χ3v) is 6.69. The molecule has 1 aliphatic rings. The molecule has 1 aromatic heterocycles. The van der Waals surface area contributed by atoms with Crippen LogP contribution in [0.1, 0.15) is 11.5 Å². The van der Waals surface area contributed by atoms with Crippen LogP contribution in [0.5, 0.6) is 0 Å². The zero-order valence-corrected chi connectivity index (χ0v) is 21.8. The number of nitrogens with zero attached hydrogens (tertiary/aromatic N) is 4. The number of rotatable bonds is 6. The smallest absolute Gasteiger partial charge is 0.355 e. The summed E-state index contributed by atoms with van der Waals surface area (Å²) in [5.41, 5.74) is 8.82. The summed E-state index contributed by atoms with van der Waals surface area (Å²) in [5.74, 6) is -2.25. The van der Waals surface area contributed by atoms with Gasteiger partial charge in [0.2, 0.25) is 0 Å². The van der Waals surface area contributed by atoms with Gasteiger partial charge in [-0.1, -0.05) is 30.3 Å². The van der Waals surface area contributed by atoms with E-state index in [1.165, 1.54) is 31.3 Å². The predicted octanol–water partition coefficient (Wildman–Crippen LogP) is 4.04. The topological polar surface area (TPSA) is 177 Å². The first-order chi connectivity index (χ1) is 19.8. The average Bonchev–Trinajstić information content (AvgIpc) is 3.43. The summed E-state index contributed by atoms with van der Waals surface area (Å²) in [6.45, 7) is 0. The summed E-state index contributed by atoms with van der Waals surface area (Å²) in [6, 6.07) is 21.8. The molecule has 0 amide bonds. The van der Waals surface area contributed by atoms with E-state index in [0.29, 0.717) is 33.7 Å². The van der Waals surface area contributed by atoms with Gasteiger partial charge in [0.15, 0.2) is 0 Å². The van der Waals surface area contributed by atoms with Gasteiger partial charge in [-0.25, -0.2) is 14.6 Å². The molecule has 204 valence electrons. The van der Waals surface area contributed by atoms with E-state index in [4.69, 9.17) is 15.2 Å². The van der Waals surface area contributed by atoms with Gasteiger partial charge in [0.05, 0.1) is 53.3 Å². The van der Waals surface area contributed by atoms with Gasteiger partial charge in [0.25, 0.3) is 5.69 Å². The van der Waals surface area contributed by atoms with Crippen molar-refractivity contribution < 1.29 is 24.0 Å². The second-order valence-corrected chi connectivity index (χ2v) is 8.93. The molecule has 1 unspecified atom stereocenters. The molecule has 3 N–H and O–H groups in total. The summed E-state index contributed by atoms with van der Waals surface area (Å²) in [7, 11) is 2.36. The molecule has 0 fully saturated rings. The largest absolute Gasteiger partial charge is 0.466 e. The van der Waals surface area contributed by atoms with Gasteiger partial charge >= 0.3 is 11.9 Å². The van der Waals surface area contributed by atoms with Crippen molar-refractivity contribution in [3.63, 3.8) is 0 Å². The van der Waals surface area contributed by atoms with Crippen LogP contribution < -0.4 is 10.6 Å². The number of H-pyrrole nitrogens is 1. The van der Waals surface area contributed by atoms with Crippen molar-refractivity contribution >= 4 is 34.3 Å². The molecular formula is C29H22N6O6. The Morgan fingerprint density at radius 1 is 1.05 bits per heavy atom. The highest BCUT2D eigenvalue weighted by Gasteiger charge is 2.43. The molecule has 4 aromatic rings. The van der Waals surface area contributed by atoms with E-state index in [1.807, 2.05) is 0 Å². The number of esters is 2. The highest BCUT2D eigenvalue weighted by atomic mass is 16.6. The fraction of sp³-hybridized carbons (Fsp3) is 0.103. The lowest BCUT2D eigenvalue weighted by molar-refractivity contribution is -0.384. The molecule has 0 bridgehead atoms. The summed E-state index contributed by atoms with van der Waals surface area (Å²) in [6.07, 6.45) is 0. The minimum Gasteiger partial charge on any atom is -0.466 e. The van der Waals surface area contributed by atoms with Crippen LogP contribution >= 0.6 is 0 Å². The van der Waals surface area contributed by atoms with Crippen LogP contribution in [0.2, 0.25) is 0 Å². The zero-order valence-electron chi connectivity index (χ0n) is 21.8. The minimum atomic E-state index is -0.974. The van der Waals surface area contributed by atoms with E-state index < -0.39 is 22.8 Å². The number of aromatic nitrogens is 2. The number of benzene rings is 3. The Morgan fingerprint density at radius 2 is 1.73 bits per heavy atom. The third kappa shape index (κ3) is 4.61. The van der Waals surface area contributed by atoms with E-state index >= 15 is 0 Å². The fourth-order valence-corrected chi connectivity index (χ4v) is 4.80. The van der Waals surface area contributed by atoms with E-state index in [1.54, 1.807) is 60.7 Å². The summed E-state index contributed by atoms with van der Waals surface area (Å²) in [4.78, 5) is 45.9. The van der Waals surface area contributed by atoms with Gasteiger partial charge in [-0.05, 0) is 35.9 Å². The lowest BCUT2D eigenvalue weighted by atomic mass is 9.81. The van der Waals surface area contributed by atoms with E-state index in [2.05, 4.69) is 16.0 Å². The van der Waals surface area contributed by atoms with Gasteiger partial charge in [-0.2, -0.15) is 5.26 Å². The molecule has 0 saturated heterocycles. The first-order valence-electron chi connectivity index (χ1n) is 12.2. The third-order valence-electron chi connectivity index (χ3n) is 6.69. The summed E-state index contributed by atoms with van der Waals surface area (Å²) < 4.78 is 10.1. The standard InChI is InChI=1S/C29H22N6O6/c1-40-28(36)24-23(16-6-4-3-5-7-16)20(15-30)26(31)34(25(24)29(37)41-2)18-10-8-17(9-11-18)27-32-21-13-12-19(35(38)39)14-22(21)33-27/h3-14,23H,31H2,1-2H3,(H,32,33). The van der Waals surface area contributed by atoms with Crippen LogP contribution in [-0.4, -0.2) is 41.0 Å². The van der Waals surface area contributed by atoms with E-state index in [9.17, 15) is 25.0 Å². The van der Waals surface area contributed by atoms with Crippen LogP contribution in [0.25, 0.3) is 22.4 Å². The number of nitriles is 1. The number of hydrogen-bond acceptors (Lipinski definition) is 10. The molecule has 0 aliphatic carbocycles. The molecule has 2 heterocycles. The van der Waals surface area contributed by atoms with Crippen molar-refractivity contribution in [2.75, 3.05) is 19.1 Å². The number of methoxy groups -OCH3 is 2. The number of carbonyl (C=O) groups is 2. The monoisotopic (exact) mass is 550 g/mol. The Morgan fingerprint density at radius 3 is 2.34 bits per heavy atom. The quantitative estimate of drug-likeness (QED) is 0.202. The van der Waals surface area contributed by atoms with Crippen LogP contribution in [0.4, 0.5) is 11.4 Å². The number of ether oxygens (including phenoxy) is 2. The van der Waals surface area contributed by atoms with Gasteiger partial charge in [-0.3, -0.25) is 15.0 Å². The SMILES string of the molecule is COC(=O)C1=C(C(=O)OC)N(c2ccc(-c3nc4ccc([N+](=O)[O-])cc4[nH]3)cc2)C(N)=C(C#N)C1c1ccccc1. The molecule has 3 aromatic carbocycles. The molecule has 41 heavy (non-hydrogen) atoms. The molecule has 0 spiro atoms. The number of hydrogen-bond donors (Lipinski definition) is 2. The molecule has 12 heteroatoms. The molecule has 12 nitrogen and oxygen atoms in total. The van der Waals surface area contributed by atoms with Gasteiger partial charge < -0.3 is 20.2 Å². The number of nitro groups is 1. The maximum atomic E-state index is 13.2. The number of anilines is 1. The van der Waals surface area contributed by atoms with Crippen molar-refractivity contribution in [1.82, 2.24) is 9.97 Å². The second-order valence-electron chi connectivity index (χ2n) is 8.93. The van der Waals surface area contributed by atoms with Crippen molar-refractivity contribution in [1.29, 1.82) is 5.26 Å². The van der Waals surface area contributed by atoms with Gasteiger partial charge in [0.1, 0.15) is 17.3 Å². The first kappa shape index (κ1) is 26.6. The van der Waals surface area contributed by atoms with E-state index in [0.717, 1.165) is 0 Å². The molecule has 1 atom stereocenters. The number of carbonyl (C=O) groups excluding carboxylic acids is 2. The van der Waals surface area contributed by atoms with Gasteiger partial charge in [0, 0.05) is 23.4 Å². The highest BCUT2D eigenvalue weighted by molar-refractivity contribution is 6.06. The molecule has 0 saturated carbocycles. The number of allylic oxidation sites excluding steroid dienone is 1. The number of imidazole rings is 1. The summed E-state index contributed by atoms with van der Waals surface area (Å²) in [5, 5.41) is 21.3. The Bertz CT molecular complexity index is 1800. The zero-order chi connectivity index (χ0) is 29.3. The highest BCUT2D eigenvalue weighted by Crippen LogP contribution is 2.43. The molecule has 0 radical (unpaired) electrons. The van der Waals surface area contributed by atoms with Crippen molar-refractivity contribution in [2.45, 2.75) is 5.92 Å². The van der Waals surface area contributed by atoms with Crippen LogP contribution in [0.15, 0.2) is 95.5 Å². The van der Waals surface area contributed by atoms with Crippen LogP contribution in [-0.2, 0) is 19.1 Å². The Hall–Kier alpha value is -5.96. The van der Waals surface area contributed by atoms with Crippen molar-refractivity contribution in [3.8, 4) is 17.5 Å². The fourth-order valence-electron chi connectivity index (χ4n) is 4.80. The number of fused-ring (bicyclic) bond motifs is 1. The van der Waals surface area contributed by atoms with E-state index in [-0.39, 0.29) is 28.4 Å². The van der Waals surface area contributed by atoms with Crippen LogP contribution in [0, 0.1) is 21.4 Å². The maximum Gasteiger partial charge on any atom is 0.355 e. The second kappa shape index (κ2) is 10.7. The number of aromatic amines is 1. The number of nitrogens with two attached hydrogens (primary N) is 1. The maximum absolute atomic E-state index is 13.2. The van der Waals surface area contributed by atoms with Crippen molar-refractivity contribution in [3.05, 3.63) is 111 Å². The number of nitro benzene ring substituents is 1. The molecule has 1 aliphatic heterocycles. The lowest BCUT2D eigenvalue weighted by Crippen LogP contribution is -2.40. The normalized spacial score (nSPS) is 15.0. The lowest BCUT2D eigenvalue weighted by Gasteiger charge is -2.35. The van der Waals surface area contributed by atoms with Crippen LogP contribution in [0.3, 0.4) is 0 Å². The Labute approximate surface area is 233 Å². The number of non-ortho nitro benzene ring substituents is 1. The first-order valence-corrected chi connectivity index (χ1v) is 12.2. The number of nitrogens with one attached hydrogen (secondary N) is 1. The van der Waals surface area contributed by atoms with Crippen molar-refractivity contribution in [2.24, 2.45) is 5.73 Å². The van der Waals surface area contributed by atoms with Gasteiger partial charge in [-0.15, -0.1) is 0 Å². The summed E-state index contributed by atoms with van der Waals surface area (Å²) >= 11 is 0. The Balaban J connectivity index is 1.65. The molecular weight excluding hydrogens is 528 g/mol. The average molecular weight is 551 g/mol. The minimum absolute atomic E-state index is 0.0483. The Kier molecular flexibility index (Phi) is 6.93.